The molecule has 2 aromatic carbocycles. The van der Waals surface area contributed by atoms with Crippen LogP contribution in [0.1, 0.15) is 37.5 Å². The second kappa shape index (κ2) is 10.4. The number of hydrogen-bond donors (Lipinski definition) is 1. The van der Waals surface area contributed by atoms with Gasteiger partial charge in [-0.05, 0) is 43.0 Å². The van der Waals surface area contributed by atoms with Gasteiger partial charge >= 0.3 is 0 Å². The minimum atomic E-state index is -0.702. The largest absolute Gasteiger partial charge is 0.354 e. The molecule has 0 saturated heterocycles. The van der Waals surface area contributed by atoms with Crippen LogP contribution in [0.5, 0.6) is 0 Å². The lowest BCUT2D eigenvalue weighted by molar-refractivity contribution is -0.140. The van der Waals surface area contributed by atoms with E-state index in [1.54, 1.807) is 13.0 Å². The fraction of sp³-hybridized carbons (Fsp3) is 0.391. The van der Waals surface area contributed by atoms with Gasteiger partial charge < -0.3 is 10.2 Å². The summed E-state index contributed by atoms with van der Waals surface area (Å²) in [6.45, 7) is 8.43. The molecule has 1 N–H and O–H groups in total. The van der Waals surface area contributed by atoms with Crippen molar-refractivity contribution in [2.24, 2.45) is 5.92 Å². The van der Waals surface area contributed by atoms with E-state index in [-0.39, 0.29) is 35.4 Å². The molecule has 0 aliphatic rings. The molecule has 2 aromatic rings. The molecule has 0 aliphatic heterocycles. The number of aryl methyl sites for hydroxylation is 1. The van der Waals surface area contributed by atoms with E-state index in [9.17, 15) is 14.0 Å². The average Bonchev–Trinajstić information content (AvgIpc) is 2.67. The van der Waals surface area contributed by atoms with Gasteiger partial charge in [0.1, 0.15) is 11.9 Å². The lowest BCUT2D eigenvalue weighted by atomic mass is 10.1. The van der Waals surface area contributed by atoms with Crippen molar-refractivity contribution in [3.63, 3.8) is 0 Å². The van der Waals surface area contributed by atoms with Gasteiger partial charge in [0.2, 0.25) is 11.8 Å². The van der Waals surface area contributed by atoms with Crippen LogP contribution in [0.25, 0.3) is 0 Å². The van der Waals surface area contributed by atoms with E-state index in [1.165, 1.54) is 17.0 Å². The van der Waals surface area contributed by atoms with Crippen LogP contribution in [0.2, 0.25) is 5.02 Å². The summed E-state index contributed by atoms with van der Waals surface area (Å²) in [5, 5.41) is 3.07. The van der Waals surface area contributed by atoms with Crippen molar-refractivity contribution in [1.29, 1.82) is 0 Å². The minimum absolute atomic E-state index is 0.142. The Morgan fingerprint density at radius 1 is 1.10 bits per heavy atom. The molecule has 0 spiro atoms. The number of carbonyl (C=O) groups excluding carboxylic acids is 2. The molecule has 0 saturated carbocycles. The smallest absolute Gasteiger partial charge is 0.242 e. The molecule has 1 atom stereocenters. The SMILES string of the molecule is Cc1ccccc1CN(C(=O)Cc1c(F)cccc1Cl)C(C)C(=O)NCC(C)C. The van der Waals surface area contributed by atoms with Crippen LogP contribution in [0.15, 0.2) is 42.5 Å². The lowest BCUT2D eigenvalue weighted by Gasteiger charge is -2.30. The maximum absolute atomic E-state index is 14.2. The first-order chi connectivity index (χ1) is 13.7. The van der Waals surface area contributed by atoms with Crippen molar-refractivity contribution in [1.82, 2.24) is 10.2 Å². The number of hydrogen-bond acceptors (Lipinski definition) is 2. The average molecular weight is 419 g/mol. The molecule has 2 rings (SSSR count). The predicted molar refractivity (Wildman–Crippen MR) is 114 cm³/mol. The molecule has 156 valence electrons. The van der Waals surface area contributed by atoms with Crippen LogP contribution in [-0.4, -0.2) is 29.3 Å². The summed E-state index contributed by atoms with van der Waals surface area (Å²) >= 11 is 6.10. The molecule has 1 unspecified atom stereocenters. The van der Waals surface area contributed by atoms with Crippen LogP contribution in [-0.2, 0) is 22.6 Å². The molecular weight excluding hydrogens is 391 g/mol. The van der Waals surface area contributed by atoms with Gasteiger partial charge in [-0.3, -0.25) is 9.59 Å². The van der Waals surface area contributed by atoms with Gasteiger partial charge in [-0.25, -0.2) is 4.39 Å². The van der Waals surface area contributed by atoms with Gasteiger partial charge in [0.05, 0.1) is 6.42 Å². The molecule has 0 aliphatic carbocycles. The quantitative estimate of drug-likeness (QED) is 0.685. The monoisotopic (exact) mass is 418 g/mol. The molecular formula is C23H28ClFN2O2. The van der Waals surface area contributed by atoms with Crippen LogP contribution in [0.3, 0.4) is 0 Å². The lowest BCUT2D eigenvalue weighted by Crippen LogP contribution is -2.48. The van der Waals surface area contributed by atoms with Gasteiger partial charge in [0.25, 0.3) is 0 Å². The van der Waals surface area contributed by atoms with Gasteiger partial charge in [-0.1, -0.05) is 55.8 Å². The highest BCUT2D eigenvalue weighted by Crippen LogP contribution is 2.22. The summed E-state index contributed by atoms with van der Waals surface area (Å²) in [4.78, 5) is 27.3. The van der Waals surface area contributed by atoms with Crippen LogP contribution in [0, 0.1) is 18.7 Å². The Kier molecular flexibility index (Phi) is 8.21. The number of rotatable bonds is 8. The maximum atomic E-state index is 14.2. The van der Waals surface area contributed by atoms with Crippen molar-refractivity contribution in [2.45, 2.75) is 46.7 Å². The number of halogens is 2. The Morgan fingerprint density at radius 2 is 1.79 bits per heavy atom. The van der Waals surface area contributed by atoms with Crippen LogP contribution in [0.4, 0.5) is 4.39 Å². The third-order valence-corrected chi connectivity index (χ3v) is 5.20. The number of benzene rings is 2. The third-order valence-electron chi connectivity index (χ3n) is 4.84. The fourth-order valence-electron chi connectivity index (χ4n) is 2.96. The van der Waals surface area contributed by atoms with Gasteiger partial charge in [-0.15, -0.1) is 0 Å². The Labute approximate surface area is 177 Å². The molecule has 4 nitrogen and oxygen atoms in total. The zero-order valence-electron chi connectivity index (χ0n) is 17.3. The normalized spacial score (nSPS) is 12.0. The van der Waals surface area contributed by atoms with Crippen molar-refractivity contribution in [3.8, 4) is 0 Å². The van der Waals surface area contributed by atoms with E-state index in [0.717, 1.165) is 11.1 Å². The molecule has 0 fully saturated rings. The number of nitrogens with one attached hydrogen (secondary N) is 1. The summed E-state index contributed by atoms with van der Waals surface area (Å²) < 4.78 is 14.2. The van der Waals surface area contributed by atoms with E-state index in [1.807, 2.05) is 45.0 Å². The molecule has 0 radical (unpaired) electrons. The van der Waals surface area contributed by atoms with E-state index < -0.39 is 11.9 Å². The molecule has 6 heteroatoms. The Balaban J connectivity index is 2.29. The van der Waals surface area contributed by atoms with Crippen molar-refractivity contribution >= 4 is 23.4 Å². The third kappa shape index (κ3) is 6.29. The van der Waals surface area contributed by atoms with E-state index >= 15 is 0 Å². The molecule has 0 bridgehead atoms. The van der Waals surface area contributed by atoms with Gasteiger partial charge in [-0.2, -0.15) is 0 Å². The second-order valence-corrected chi connectivity index (χ2v) is 8.05. The standard InChI is InChI=1S/C23H28ClFN2O2/c1-15(2)13-26-23(29)17(4)27(14-18-9-6-5-8-16(18)3)22(28)12-19-20(24)10-7-11-21(19)25/h5-11,15,17H,12-14H2,1-4H3,(H,26,29). The fourth-order valence-corrected chi connectivity index (χ4v) is 3.19. The molecule has 2 amide bonds. The second-order valence-electron chi connectivity index (χ2n) is 7.64. The Morgan fingerprint density at radius 3 is 2.41 bits per heavy atom. The first-order valence-corrected chi connectivity index (χ1v) is 10.1. The zero-order chi connectivity index (χ0) is 21.6. The summed E-state index contributed by atoms with van der Waals surface area (Å²) in [5.74, 6) is -0.824. The summed E-state index contributed by atoms with van der Waals surface area (Å²) in [6, 6.07) is 11.3. The summed E-state index contributed by atoms with van der Waals surface area (Å²) in [7, 11) is 0. The van der Waals surface area contributed by atoms with E-state index in [2.05, 4.69) is 5.32 Å². The Hall–Kier alpha value is -2.40. The number of carbonyl (C=O) groups is 2. The van der Waals surface area contributed by atoms with Crippen molar-refractivity contribution < 1.29 is 14.0 Å². The first-order valence-electron chi connectivity index (χ1n) is 9.75. The molecule has 29 heavy (non-hydrogen) atoms. The highest BCUT2D eigenvalue weighted by atomic mass is 35.5. The molecule has 0 aromatic heterocycles. The topological polar surface area (TPSA) is 49.4 Å². The van der Waals surface area contributed by atoms with Gasteiger partial charge in [0, 0.05) is 23.7 Å². The number of nitrogens with zero attached hydrogens (tertiary/aromatic N) is 1. The van der Waals surface area contributed by atoms with Gasteiger partial charge in [0.15, 0.2) is 0 Å². The van der Waals surface area contributed by atoms with E-state index in [0.29, 0.717) is 12.5 Å². The minimum Gasteiger partial charge on any atom is -0.354 e. The van der Waals surface area contributed by atoms with Crippen molar-refractivity contribution in [2.75, 3.05) is 6.54 Å². The van der Waals surface area contributed by atoms with E-state index in [4.69, 9.17) is 11.6 Å². The van der Waals surface area contributed by atoms with Crippen molar-refractivity contribution in [3.05, 3.63) is 70.0 Å². The zero-order valence-corrected chi connectivity index (χ0v) is 18.1. The Bertz CT molecular complexity index is 849. The number of amides is 2. The first kappa shape index (κ1) is 22.9. The highest BCUT2D eigenvalue weighted by Gasteiger charge is 2.27. The summed E-state index contributed by atoms with van der Waals surface area (Å²) in [6.07, 6.45) is -0.209. The van der Waals surface area contributed by atoms with Crippen LogP contribution < -0.4 is 5.32 Å². The molecule has 0 heterocycles. The van der Waals surface area contributed by atoms with Crippen LogP contribution >= 0.6 is 11.6 Å². The summed E-state index contributed by atoms with van der Waals surface area (Å²) in [5.41, 5.74) is 2.09. The highest BCUT2D eigenvalue weighted by molar-refractivity contribution is 6.31. The predicted octanol–water partition coefficient (Wildman–Crippen LogP) is 4.52. The maximum Gasteiger partial charge on any atom is 0.242 e.